The van der Waals surface area contributed by atoms with Crippen molar-refractivity contribution in [3.8, 4) is 5.75 Å². The standard InChI is InChI=1S/C16H21N3O/c1-16(10-17)6-8-19(11-16)15-14-4-3-13(20-2)9-12(14)5-7-18-15/h3-5,7,9H,6,8,10-11,17H2,1-2H3. The maximum Gasteiger partial charge on any atom is 0.136 e. The number of methoxy groups -OCH3 is 1. The minimum absolute atomic E-state index is 0.205. The van der Waals surface area contributed by atoms with Gasteiger partial charge in [-0.1, -0.05) is 6.92 Å². The van der Waals surface area contributed by atoms with Crippen LogP contribution in [0.3, 0.4) is 0 Å². The van der Waals surface area contributed by atoms with Gasteiger partial charge in [-0.05, 0) is 48.0 Å². The lowest BCUT2D eigenvalue weighted by Crippen LogP contribution is -2.31. The summed E-state index contributed by atoms with van der Waals surface area (Å²) >= 11 is 0. The zero-order valence-electron chi connectivity index (χ0n) is 12.1. The van der Waals surface area contributed by atoms with Crippen LogP contribution in [0.4, 0.5) is 5.82 Å². The molecule has 0 aliphatic carbocycles. The van der Waals surface area contributed by atoms with Crippen molar-refractivity contribution in [3.63, 3.8) is 0 Å². The Bertz CT molecular complexity index is 628. The molecule has 1 saturated heterocycles. The first-order chi connectivity index (χ1) is 9.65. The van der Waals surface area contributed by atoms with E-state index in [1.807, 2.05) is 18.3 Å². The molecule has 1 aromatic carbocycles. The summed E-state index contributed by atoms with van der Waals surface area (Å²) in [5, 5.41) is 2.34. The molecule has 1 aromatic heterocycles. The van der Waals surface area contributed by atoms with E-state index >= 15 is 0 Å². The van der Waals surface area contributed by atoms with Gasteiger partial charge in [0, 0.05) is 24.7 Å². The number of nitrogens with zero attached hydrogens (tertiary/aromatic N) is 2. The summed E-state index contributed by atoms with van der Waals surface area (Å²) in [5.74, 6) is 1.94. The van der Waals surface area contributed by atoms with E-state index in [2.05, 4.69) is 28.9 Å². The van der Waals surface area contributed by atoms with Gasteiger partial charge in [0.1, 0.15) is 11.6 Å². The Balaban J connectivity index is 2.00. The second kappa shape index (κ2) is 4.94. The highest BCUT2D eigenvalue weighted by atomic mass is 16.5. The third kappa shape index (κ3) is 2.20. The Morgan fingerprint density at radius 3 is 2.95 bits per heavy atom. The number of hydrogen-bond donors (Lipinski definition) is 1. The van der Waals surface area contributed by atoms with Gasteiger partial charge in [0.05, 0.1) is 7.11 Å². The van der Waals surface area contributed by atoms with Crippen molar-refractivity contribution in [1.29, 1.82) is 0 Å². The highest BCUT2D eigenvalue weighted by molar-refractivity contribution is 5.93. The molecule has 106 valence electrons. The van der Waals surface area contributed by atoms with Crippen LogP contribution in [-0.4, -0.2) is 31.7 Å². The van der Waals surface area contributed by atoms with E-state index in [0.717, 1.165) is 43.0 Å². The zero-order valence-corrected chi connectivity index (χ0v) is 12.1. The molecule has 0 radical (unpaired) electrons. The van der Waals surface area contributed by atoms with Crippen molar-refractivity contribution in [2.45, 2.75) is 13.3 Å². The second-order valence-corrected chi connectivity index (χ2v) is 5.91. The Morgan fingerprint density at radius 2 is 2.25 bits per heavy atom. The van der Waals surface area contributed by atoms with E-state index in [1.54, 1.807) is 7.11 Å². The van der Waals surface area contributed by atoms with E-state index in [4.69, 9.17) is 10.5 Å². The van der Waals surface area contributed by atoms with Gasteiger partial charge >= 0.3 is 0 Å². The molecule has 0 bridgehead atoms. The van der Waals surface area contributed by atoms with Crippen molar-refractivity contribution in [3.05, 3.63) is 30.5 Å². The topological polar surface area (TPSA) is 51.4 Å². The molecule has 4 nitrogen and oxygen atoms in total. The zero-order chi connectivity index (χ0) is 14.2. The first-order valence-corrected chi connectivity index (χ1v) is 7.03. The van der Waals surface area contributed by atoms with Crippen LogP contribution >= 0.6 is 0 Å². The fourth-order valence-corrected chi connectivity index (χ4v) is 2.89. The minimum Gasteiger partial charge on any atom is -0.497 e. The molecule has 1 aliphatic rings. The molecule has 1 fully saturated rings. The molecule has 2 aromatic rings. The predicted molar refractivity (Wildman–Crippen MR) is 82.3 cm³/mol. The molecule has 1 unspecified atom stereocenters. The minimum atomic E-state index is 0.205. The monoisotopic (exact) mass is 271 g/mol. The van der Waals surface area contributed by atoms with Gasteiger partial charge in [-0.15, -0.1) is 0 Å². The SMILES string of the molecule is COc1ccc2c(N3CCC(C)(CN)C3)nccc2c1. The smallest absolute Gasteiger partial charge is 0.136 e. The summed E-state index contributed by atoms with van der Waals surface area (Å²) in [7, 11) is 1.69. The number of rotatable bonds is 3. The molecule has 1 aliphatic heterocycles. The molecule has 0 amide bonds. The van der Waals surface area contributed by atoms with Gasteiger partial charge in [0.2, 0.25) is 0 Å². The number of ether oxygens (including phenoxy) is 1. The number of pyridine rings is 1. The molecule has 3 rings (SSSR count). The third-order valence-electron chi connectivity index (χ3n) is 4.30. The van der Waals surface area contributed by atoms with E-state index in [9.17, 15) is 0 Å². The van der Waals surface area contributed by atoms with Crippen LogP contribution in [0.2, 0.25) is 0 Å². The summed E-state index contributed by atoms with van der Waals surface area (Å²) in [4.78, 5) is 6.94. The van der Waals surface area contributed by atoms with E-state index in [-0.39, 0.29) is 5.41 Å². The molecule has 1 atom stereocenters. The second-order valence-electron chi connectivity index (χ2n) is 5.91. The number of hydrogen-bond acceptors (Lipinski definition) is 4. The quantitative estimate of drug-likeness (QED) is 0.931. The van der Waals surface area contributed by atoms with Crippen LogP contribution in [0.1, 0.15) is 13.3 Å². The van der Waals surface area contributed by atoms with Gasteiger partial charge in [-0.2, -0.15) is 0 Å². The van der Waals surface area contributed by atoms with E-state index < -0.39 is 0 Å². The first kappa shape index (κ1) is 13.2. The Hall–Kier alpha value is -1.81. The van der Waals surface area contributed by atoms with Gasteiger partial charge < -0.3 is 15.4 Å². The molecule has 4 heteroatoms. The average Bonchev–Trinajstić information content (AvgIpc) is 2.89. The van der Waals surface area contributed by atoms with Crippen molar-refractivity contribution in [2.24, 2.45) is 11.1 Å². The van der Waals surface area contributed by atoms with Crippen LogP contribution in [-0.2, 0) is 0 Å². The van der Waals surface area contributed by atoms with Crippen molar-refractivity contribution >= 4 is 16.6 Å². The lowest BCUT2D eigenvalue weighted by Gasteiger charge is -2.24. The van der Waals surface area contributed by atoms with Crippen LogP contribution in [0.25, 0.3) is 10.8 Å². The van der Waals surface area contributed by atoms with Crippen molar-refractivity contribution in [1.82, 2.24) is 4.98 Å². The van der Waals surface area contributed by atoms with Crippen LogP contribution < -0.4 is 15.4 Å². The Labute approximate surface area is 119 Å². The Kier molecular flexibility index (Phi) is 3.26. The molecular weight excluding hydrogens is 250 g/mol. The van der Waals surface area contributed by atoms with E-state index in [0.29, 0.717) is 0 Å². The predicted octanol–water partition coefficient (Wildman–Crippen LogP) is 2.42. The summed E-state index contributed by atoms with van der Waals surface area (Å²) in [6.07, 6.45) is 2.99. The first-order valence-electron chi connectivity index (χ1n) is 7.03. The number of aromatic nitrogens is 1. The maximum absolute atomic E-state index is 5.90. The van der Waals surface area contributed by atoms with E-state index in [1.165, 1.54) is 5.39 Å². The summed E-state index contributed by atoms with van der Waals surface area (Å²) < 4.78 is 5.29. The number of fused-ring (bicyclic) bond motifs is 1. The molecule has 2 heterocycles. The highest BCUT2D eigenvalue weighted by Crippen LogP contribution is 2.35. The third-order valence-corrected chi connectivity index (χ3v) is 4.30. The molecule has 0 saturated carbocycles. The number of anilines is 1. The molecule has 20 heavy (non-hydrogen) atoms. The number of benzene rings is 1. The lowest BCUT2D eigenvalue weighted by molar-refractivity contribution is 0.383. The molecular formula is C16H21N3O. The fraction of sp³-hybridized carbons (Fsp3) is 0.438. The van der Waals surface area contributed by atoms with Crippen molar-refractivity contribution < 1.29 is 4.74 Å². The van der Waals surface area contributed by atoms with Gasteiger partial charge in [0.25, 0.3) is 0 Å². The normalized spacial score (nSPS) is 22.4. The van der Waals surface area contributed by atoms with Crippen LogP contribution in [0.15, 0.2) is 30.5 Å². The Morgan fingerprint density at radius 1 is 1.40 bits per heavy atom. The fourth-order valence-electron chi connectivity index (χ4n) is 2.89. The van der Waals surface area contributed by atoms with Gasteiger partial charge in [-0.25, -0.2) is 4.98 Å². The van der Waals surface area contributed by atoms with Crippen LogP contribution in [0, 0.1) is 5.41 Å². The summed E-state index contributed by atoms with van der Waals surface area (Å²) in [6, 6.07) is 8.17. The molecule has 0 spiro atoms. The highest BCUT2D eigenvalue weighted by Gasteiger charge is 2.33. The summed E-state index contributed by atoms with van der Waals surface area (Å²) in [5.41, 5.74) is 6.10. The summed E-state index contributed by atoms with van der Waals surface area (Å²) in [6.45, 7) is 4.97. The number of nitrogens with two attached hydrogens (primary N) is 1. The largest absolute Gasteiger partial charge is 0.497 e. The lowest BCUT2D eigenvalue weighted by atomic mass is 9.90. The van der Waals surface area contributed by atoms with Crippen molar-refractivity contribution in [2.75, 3.05) is 31.6 Å². The van der Waals surface area contributed by atoms with Crippen LogP contribution in [0.5, 0.6) is 5.75 Å². The maximum atomic E-state index is 5.90. The molecule has 2 N–H and O–H groups in total. The van der Waals surface area contributed by atoms with Gasteiger partial charge in [-0.3, -0.25) is 0 Å². The average molecular weight is 271 g/mol. The van der Waals surface area contributed by atoms with Gasteiger partial charge in [0.15, 0.2) is 0 Å².